The van der Waals surface area contributed by atoms with E-state index in [-0.39, 0.29) is 30.3 Å². The SMILES string of the molecule is CCOC(=O)C1C(C)C(C(=O)NC)N(C(C)=O)C1c1ccccc1. The first kappa shape index (κ1) is 18.0. The van der Waals surface area contributed by atoms with Crippen molar-refractivity contribution in [3.63, 3.8) is 0 Å². The number of carbonyl (C=O) groups excluding carboxylic acids is 3. The van der Waals surface area contributed by atoms with Gasteiger partial charge in [0.25, 0.3) is 0 Å². The molecule has 1 saturated heterocycles. The number of likely N-dealkylation sites (N-methyl/N-ethyl adjacent to an activating group) is 1. The topological polar surface area (TPSA) is 75.7 Å². The van der Waals surface area contributed by atoms with Crippen molar-refractivity contribution in [1.29, 1.82) is 0 Å². The summed E-state index contributed by atoms with van der Waals surface area (Å²) >= 11 is 0. The summed E-state index contributed by atoms with van der Waals surface area (Å²) in [6.45, 7) is 5.24. The number of benzene rings is 1. The van der Waals surface area contributed by atoms with Gasteiger partial charge in [0.15, 0.2) is 0 Å². The summed E-state index contributed by atoms with van der Waals surface area (Å²) in [5.41, 5.74) is 0.823. The Morgan fingerprint density at radius 3 is 2.33 bits per heavy atom. The van der Waals surface area contributed by atoms with Crippen molar-refractivity contribution in [2.75, 3.05) is 13.7 Å². The molecule has 1 heterocycles. The smallest absolute Gasteiger partial charge is 0.311 e. The summed E-state index contributed by atoms with van der Waals surface area (Å²) in [4.78, 5) is 38.8. The van der Waals surface area contributed by atoms with Crippen LogP contribution in [0.2, 0.25) is 0 Å². The predicted molar refractivity (Wildman–Crippen MR) is 88.8 cm³/mol. The second kappa shape index (κ2) is 7.47. The van der Waals surface area contributed by atoms with Crippen molar-refractivity contribution in [2.24, 2.45) is 11.8 Å². The van der Waals surface area contributed by atoms with Crippen molar-refractivity contribution in [2.45, 2.75) is 32.9 Å². The average molecular weight is 332 g/mol. The minimum atomic E-state index is -0.702. The third kappa shape index (κ3) is 3.13. The monoisotopic (exact) mass is 332 g/mol. The fraction of sp³-hybridized carbons (Fsp3) is 0.500. The predicted octanol–water partition coefficient (Wildman–Crippen LogP) is 1.52. The fourth-order valence-electron chi connectivity index (χ4n) is 3.59. The van der Waals surface area contributed by atoms with E-state index in [1.807, 2.05) is 37.3 Å². The maximum atomic E-state index is 12.6. The van der Waals surface area contributed by atoms with Crippen LogP contribution in [0, 0.1) is 11.8 Å². The highest BCUT2D eigenvalue weighted by Crippen LogP contribution is 2.45. The zero-order valence-electron chi connectivity index (χ0n) is 14.5. The van der Waals surface area contributed by atoms with Gasteiger partial charge in [-0.15, -0.1) is 0 Å². The number of hydrogen-bond acceptors (Lipinski definition) is 4. The van der Waals surface area contributed by atoms with Gasteiger partial charge in [0.1, 0.15) is 6.04 Å². The molecule has 24 heavy (non-hydrogen) atoms. The molecule has 1 N–H and O–H groups in total. The zero-order chi connectivity index (χ0) is 17.9. The lowest BCUT2D eigenvalue weighted by Gasteiger charge is -2.30. The Bertz CT molecular complexity index is 617. The number of nitrogens with zero attached hydrogens (tertiary/aromatic N) is 1. The summed E-state index contributed by atoms with van der Waals surface area (Å²) < 4.78 is 5.23. The number of nitrogens with one attached hydrogen (secondary N) is 1. The van der Waals surface area contributed by atoms with Crippen molar-refractivity contribution >= 4 is 17.8 Å². The summed E-state index contributed by atoms with van der Waals surface area (Å²) in [7, 11) is 1.53. The number of ether oxygens (including phenoxy) is 1. The minimum absolute atomic E-state index is 0.240. The van der Waals surface area contributed by atoms with Crippen LogP contribution >= 0.6 is 0 Å². The van der Waals surface area contributed by atoms with Crippen LogP contribution in [-0.2, 0) is 19.1 Å². The van der Waals surface area contributed by atoms with E-state index in [0.29, 0.717) is 0 Å². The van der Waals surface area contributed by atoms with Gasteiger partial charge in [-0.3, -0.25) is 14.4 Å². The molecule has 2 amide bonds. The number of carbonyl (C=O) groups is 3. The highest BCUT2D eigenvalue weighted by Gasteiger charge is 2.54. The fourth-order valence-corrected chi connectivity index (χ4v) is 3.59. The molecule has 130 valence electrons. The Labute approximate surface area is 142 Å². The Morgan fingerprint density at radius 1 is 1.21 bits per heavy atom. The summed E-state index contributed by atoms with van der Waals surface area (Å²) in [6, 6.07) is 8.10. The lowest BCUT2D eigenvalue weighted by molar-refractivity contribution is -0.150. The molecule has 6 heteroatoms. The van der Waals surface area contributed by atoms with Crippen molar-refractivity contribution < 1.29 is 19.1 Å². The van der Waals surface area contributed by atoms with Gasteiger partial charge in [0.05, 0.1) is 18.6 Å². The standard InChI is InChI=1S/C18H24N2O4/c1-5-24-18(23)14-11(2)15(17(22)19-4)20(12(3)21)16(14)13-9-7-6-8-10-13/h6-11,14-16H,5H2,1-4H3,(H,19,22). The Kier molecular flexibility index (Phi) is 5.59. The lowest BCUT2D eigenvalue weighted by atomic mass is 9.85. The van der Waals surface area contributed by atoms with E-state index in [9.17, 15) is 14.4 Å². The molecule has 4 atom stereocenters. The van der Waals surface area contributed by atoms with Crippen molar-refractivity contribution in [3.05, 3.63) is 35.9 Å². The number of hydrogen-bond donors (Lipinski definition) is 1. The van der Waals surface area contributed by atoms with E-state index < -0.39 is 18.0 Å². The maximum Gasteiger partial charge on any atom is 0.311 e. The molecule has 0 saturated carbocycles. The molecule has 0 spiro atoms. The van der Waals surface area contributed by atoms with Crippen LogP contribution in [-0.4, -0.2) is 42.4 Å². The molecular formula is C18H24N2O4. The van der Waals surface area contributed by atoms with Gasteiger partial charge < -0.3 is 15.0 Å². The Balaban J connectivity index is 2.55. The first-order chi connectivity index (χ1) is 11.4. The zero-order valence-corrected chi connectivity index (χ0v) is 14.5. The van der Waals surface area contributed by atoms with E-state index >= 15 is 0 Å². The second-order valence-corrected chi connectivity index (χ2v) is 5.98. The van der Waals surface area contributed by atoms with E-state index in [2.05, 4.69) is 5.32 Å². The maximum absolute atomic E-state index is 12.6. The van der Waals surface area contributed by atoms with Gasteiger partial charge in [-0.1, -0.05) is 37.3 Å². The average Bonchev–Trinajstić information content (AvgIpc) is 2.88. The van der Waals surface area contributed by atoms with Crippen molar-refractivity contribution in [3.8, 4) is 0 Å². The first-order valence-corrected chi connectivity index (χ1v) is 8.16. The largest absolute Gasteiger partial charge is 0.466 e. The van der Waals surface area contributed by atoms with Gasteiger partial charge in [-0.05, 0) is 12.5 Å². The van der Waals surface area contributed by atoms with Crippen LogP contribution in [0.25, 0.3) is 0 Å². The van der Waals surface area contributed by atoms with Gasteiger partial charge in [-0.2, -0.15) is 0 Å². The second-order valence-electron chi connectivity index (χ2n) is 5.98. The molecule has 1 aromatic rings. The molecule has 4 unspecified atom stereocenters. The Hall–Kier alpha value is -2.37. The van der Waals surface area contributed by atoms with E-state index in [1.165, 1.54) is 18.9 Å². The number of esters is 1. The normalized spacial score (nSPS) is 26.1. The lowest BCUT2D eigenvalue weighted by Crippen LogP contribution is -2.47. The van der Waals surface area contributed by atoms with Gasteiger partial charge in [0.2, 0.25) is 11.8 Å². The van der Waals surface area contributed by atoms with Gasteiger partial charge in [0, 0.05) is 19.9 Å². The van der Waals surface area contributed by atoms with Gasteiger partial charge in [-0.25, -0.2) is 0 Å². The quantitative estimate of drug-likeness (QED) is 0.848. The molecule has 0 radical (unpaired) electrons. The highest BCUT2D eigenvalue weighted by molar-refractivity contribution is 5.90. The number of likely N-dealkylation sites (tertiary alicyclic amines) is 1. The Morgan fingerprint density at radius 2 is 1.83 bits per heavy atom. The van der Waals surface area contributed by atoms with Crippen LogP contribution in [0.5, 0.6) is 0 Å². The third-order valence-corrected chi connectivity index (χ3v) is 4.58. The number of amides is 2. The molecular weight excluding hydrogens is 308 g/mol. The molecule has 2 rings (SSSR count). The summed E-state index contributed by atoms with van der Waals surface area (Å²) in [5, 5.41) is 2.60. The molecule has 0 aliphatic carbocycles. The van der Waals surface area contributed by atoms with Gasteiger partial charge >= 0.3 is 5.97 Å². The molecule has 1 aromatic carbocycles. The van der Waals surface area contributed by atoms with E-state index in [4.69, 9.17) is 4.74 Å². The molecule has 1 fully saturated rings. The number of rotatable bonds is 4. The van der Waals surface area contributed by atoms with Crippen LogP contribution in [0.4, 0.5) is 0 Å². The minimum Gasteiger partial charge on any atom is -0.466 e. The molecule has 1 aliphatic rings. The summed E-state index contributed by atoms with van der Waals surface area (Å²) in [5.74, 6) is -1.82. The highest BCUT2D eigenvalue weighted by atomic mass is 16.5. The van der Waals surface area contributed by atoms with Crippen LogP contribution < -0.4 is 5.32 Å². The van der Waals surface area contributed by atoms with Crippen LogP contribution in [0.1, 0.15) is 32.4 Å². The molecule has 6 nitrogen and oxygen atoms in total. The van der Waals surface area contributed by atoms with E-state index in [1.54, 1.807) is 6.92 Å². The molecule has 0 bridgehead atoms. The van der Waals surface area contributed by atoms with Crippen LogP contribution in [0.15, 0.2) is 30.3 Å². The third-order valence-electron chi connectivity index (χ3n) is 4.58. The molecule has 1 aliphatic heterocycles. The van der Waals surface area contributed by atoms with E-state index in [0.717, 1.165) is 5.56 Å². The van der Waals surface area contributed by atoms with Crippen molar-refractivity contribution in [1.82, 2.24) is 10.2 Å². The van der Waals surface area contributed by atoms with Crippen LogP contribution in [0.3, 0.4) is 0 Å². The molecule has 0 aromatic heterocycles. The first-order valence-electron chi connectivity index (χ1n) is 8.16. The summed E-state index contributed by atoms with van der Waals surface area (Å²) in [6.07, 6.45) is 0.